The van der Waals surface area contributed by atoms with Crippen LogP contribution in [0.15, 0.2) is 29.3 Å². The third kappa shape index (κ3) is 3.12. The van der Waals surface area contributed by atoms with E-state index in [1.54, 1.807) is 24.0 Å². The van der Waals surface area contributed by atoms with Crippen molar-refractivity contribution in [3.8, 4) is 0 Å². The van der Waals surface area contributed by atoms with Crippen LogP contribution in [0.25, 0.3) is 0 Å². The lowest BCUT2D eigenvalue weighted by Crippen LogP contribution is -2.40. The predicted octanol–water partition coefficient (Wildman–Crippen LogP) is 1.67. The van der Waals surface area contributed by atoms with Gasteiger partial charge in [0.05, 0.1) is 13.1 Å². The maximum atomic E-state index is 12.8. The summed E-state index contributed by atoms with van der Waals surface area (Å²) in [5, 5.41) is 0. The molecule has 0 N–H and O–H groups in total. The minimum atomic E-state index is -0.232. The number of carbonyl (C=O) groups excluding carboxylic acids is 1. The molecule has 0 aromatic heterocycles. The van der Waals surface area contributed by atoms with Crippen LogP contribution in [0.1, 0.15) is 12.5 Å². The fourth-order valence-corrected chi connectivity index (χ4v) is 1.90. The van der Waals surface area contributed by atoms with Crippen molar-refractivity contribution >= 4 is 11.6 Å². The lowest BCUT2D eigenvalue weighted by molar-refractivity contribution is -0.128. The third-order valence-corrected chi connectivity index (χ3v) is 2.85. The lowest BCUT2D eigenvalue weighted by Gasteiger charge is -2.25. The first-order valence-electron chi connectivity index (χ1n) is 5.67. The summed E-state index contributed by atoms with van der Waals surface area (Å²) in [6.07, 6.45) is 0.685. The number of aliphatic imine (C=N–C) groups is 1. The van der Waals surface area contributed by atoms with E-state index in [-0.39, 0.29) is 11.7 Å². The summed E-state index contributed by atoms with van der Waals surface area (Å²) in [4.78, 5) is 17.5. The molecule has 0 fully saturated rings. The molecule has 0 spiro atoms. The van der Waals surface area contributed by atoms with E-state index in [2.05, 4.69) is 4.99 Å². The summed E-state index contributed by atoms with van der Waals surface area (Å²) in [6, 6.07) is 6.40. The summed E-state index contributed by atoms with van der Waals surface area (Å²) in [7, 11) is 0. The Hall–Kier alpha value is -1.71. The maximum Gasteiger partial charge on any atom is 0.219 e. The minimum absolute atomic E-state index is 0.0801. The van der Waals surface area contributed by atoms with Crippen LogP contribution in [0.2, 0.25) is 0 Å². The van der Waals surface area contributed by atoms with Gasteiger partial charge in [-0.05, 0) is 17.7 Å². The molecular formula is C13H15FN2O. The number of amides is 1. The fourth-order valence-electron chi connectivity index (χ4n) is 1.90. The van der Waals surface area contributed by atoms with Crippen LogP contribution in [0, 0.1) is 5.82 Å². The standard InChI is InChI=1S/C13H15FN2O/c1-10(17)16-7-6-15-13(9-16)8-11-2-4-12(14)5-3-11/h2-5H,6-9H2,1H3. The monoisotopic (exact) mass is 234 g/mol. The average Bonchev–Trinajstić information content (AvgIpc) is 2.32. The van der Waals surface area contributed by atoms with Gasteiger partial charge in [0.2, 0.25) is 5.91 Å². The summed E-state index contributed by atoms with van der Waals surface area (Å²) in [6.45, 7) is 3.52. The van der Waals surface area contributed by atoms with Crippen LogP contribution >= 0.6 is 0 Å². The Morgan fingerprint density at radius 2 is 2.12 bits per heavy atom. The number of hydrogen-bond donors (Lipinski definition) is 0. The van der Waals surface area contributed by atoms with Crippen LogP contribution in [0.5, 0.6) is 0 Å². The van der Waals surface area contributed by atoms with Gasteiger partial charge in [0.15, 0.2) is 0 Å². The maximum absolute atomic E-state index is 12.8. The topological polar surface area (TPSA) is 32.7 Å². The molecule has 1 aliphatic heterocycles. The molecule has 1 aliphatic rings. The summed E-state index contributed by atoms with van der Waals surface area (Å²) in [5.74, 6) is -0.152. The molecule has 90 valence electrons. The van der Waals surface area contributed by atoms with E-state index in [9.17, 15) is 9.18 Å². The van der Waals surface area contributed by atoms with Crippen LogP contribution in [-0.2, 0) is 11.2 Å². The second-order valence-electron chi connectivity index (χ2n) is 4.19. The zero-order valence-electron chi connectivity index (χ0n) is 9.82. The Morgan fingerprint density at radius 3 is 2.76 bits per heavy atom. The van der Waals surface area contributed by atoms with Gasteiger partial charge in [0.1, 0.15) is 5.82 Å². The van der Waals surface area contributed by atoms with E-state index in [0.29, 0.717) is 26.1 Å². The molecule has 0 unspecified atom stereocenters. The second kappa shape index (κ2) is 5.08. The van der Waals surface area contributed by atoms with Gasteiger partial charge in [0.25, 0.3) is 0 Å². The highest BCUT2D eigenvalue weighted by atomic mass is 19.1. The first kappa shape index (κ1) is 11.8. The first-order chi connectivity index (χ1) is 8.15. The quantitative estimate of drug-likeness (QED) is 0.766. The van der Waals surface area contributed by atoms with Gasteiger partial charge in [-0.15, -0.1) is 0 Å². The van der Waals surface area contributed by atoms with Crippen LogP contribution in [-0.4, -0.2) is 36.2 Å². The van der Waals surface area contributed by atoms with Gasteiger partial charge in [-0.25, -0.2) is 4.39 Å². The van der Waals surface area contributed by atoms with Gasteiger partial charge < -0.3 is 4.90 Å². The Kier molecular flexibility index (Phi) is 3.52. The molecule has 0 aliphatic carbocycles. The minimum Gasteiger partial charge on any atom is -0.336 e. The molecular weight excluding hydrogens is 219 g/mol. The van der Waals surface area contributed by atoms with Gasteiger partial charge in [-0.1, -0.05) is 12.1 Å². The molecule has 0 bridgehead atoms. The van der Waals surface area contributed by atoms with Crippen LogP contribution in [0.3, 0.4) is 0 Å². The molecule has 1 heterocycles. The third-order valence-electron chi connectivity index (χ3n) is 2.85. The predicted molar refractivity (Wildman–Crippen MR) is 64.7 cm³/mol. The lowest BCUT2D eigenvalue weighted by atomic mass is 10.1. The number of carbonyl (C=O) groups is 1. The van der Waals surface area contributed by atoms with Gasteiger partial charge in [-0.3, -0.25) is 9.79 Å². The van der Waals surface area contributed by atoms with Crippen molar-refractivity contribution in [2.45, 2.75) is 13.3 Å². The van der Waals surface area contributed by atoms with Gasteiger partial charge >= 0.3 is 0 Å². The van der Waals surface area contributed by atoms with E-state index < -0.39 is 0 Å². The van der Waals surface area contributed by atoms with E-state index >= 15 is 0 Å². The highest BCUT2D eigenvalue weighted by Gasteiger charge is 2.15. The molecule has 1 aromatic rings. The van der Waals surface area contributed by atoms with Crippen molar-refractivity contribution < 1.29 is 9.18 Å². The van der Waals surface area contributed by atoms with E-state index in [4.69, 9.17) is 0 Å². The SMILES string of the molecule is CC(=O)N1CCN=C(Cc2ccc(F)cc2)C1. The molecule has 1 aromatic carbocycles. The Balaban J connectivity index is 2.01. The molecule has 2 rings (SSSR count). The van der Waals surface area contributed by atoms with Gasteiger partial charge in [-0.2, -0.15) is 0 Å². The second-order valence-corrected chi connectivity index (χ2v) is 4.19. The zero-order valence-corrected chi connectivity index (χ0v) is 9.82. The fraction of sp³-hybridized carbons (Fsp3) is 0.385. The van der Waals surface area contributed by atoms with Crippen molar-refractivity contribution in [3.63, 3.8) is 0 Å². The Morgan fingerprint density at radius 1 is 1.41 bits per heavy atom. The summed E-state index contributed by atoms with van der Waals surface area (Å²) < 4.78 is 12.8. The average molecular weight is 234 g/mol. The highest BCUT2D eigenvalue weighted by molar-refractivity contribution is 5.91. The van der Waals surface area contributed by atoms with Crippen LogP contribution < -0.4 is 0 Å². The van der Waals surface area contributed by atoms with Crippen molar-refractivity contribution in [2.24, 2.45) is 4.99 Å². The molecule has 0 saturated carbocycles. The van der Waals surface area contributed by atoms with E-state index in [0.717, 1.165) is 11.3 Å². The molecule has 17 heavy (non-hydrogen) atoms. The smallest absolute Gasteiger partial charge is 0.219 e. The summed E-state index contributed by atoms with van der Waals surface area (Å²) >= 11 is 0. The number of hydrogen-bond acceptors (Lipinski definition) is 2. The Labute approximate surface area is 100.0 Å². The largest absolute Gasteiger partial charge is 0.336 e. The molecule has 4 heteroatoms. The van der Waals surface area contributed by atoms with Gasteiger partial charge in [0, 0.05) is 25.6 Å². The van der Waals surface area contributed by atoms with Crippen molar-refractivity contribution in [1.29, 1.82) is 0 Å². The zero-order chi connectivity index (χ0) is 12.3. The first-order valence-corrected chi connectivity index (χ1v) is 5.67. The molecule has 3 nitrogen and oxygen atoms in total. The summed E-state index contributed by atoms with van der Waals surface area (Å²) in [5.41, 5.74) is 2.01. The highest BCUT2D eigenvalue weighted by Crippen LogP contribution is 2.07. The number of nitrogens with zero attached hydrogens (tertiary/aromatic N) is 2. The van der Waals surface area contributed by atoms with Crippen molar-refractivity contribution in [2.75, 3.05) is 19.6 Å². The molecule has 0 saturated heterocycles. The van der Waals surface area contributed by atoms with Crippen molar-refractivity contribution in [3.05, 3.63) is 35.6 Å². The molecule has 1 amide bonds. The Bertz CT molecular complexity index is 439. The molecule has 0 atom stereocenters. The molecule has 0 radical (unpaired) electrons. The normalized spacial score (nSPS) is 15.6. The van der Waals surface area contributed by atoms with E-state index in [1.165, 1.54) is 12.1 Å². The van der Waals surface area contributed by atoms with Crippen LogP contribution in [0.4, 0.5) is 4.39 Å². The number of rotatable bonds is 2. The number of benzene rings is 1. The van der Waals surface area contributed by atoms with E-state index in [1.807, 2.05) is 0 Å². The number of halogens is 1. The van der Waals surface area contributed by atoms with Crippen molar-refractivity contribution in [1.82, 2.24) is 4.90 Å².